The van der Waals surface area contributed by atoms with Crippen LogP contribution in [0.1, 0.15) is 26.7 Å². The Balaban J connectivity index is 2.17. The molecule has 7 nitrogen and oxygen atoms in total. The summed E-state index contributed by atoms with van der Waals surface area (Å²) in [5, 5.41) is 2.85. The van der Waals surface area contributed by atoms with Crippen LogP contribution in [-0.4, -0.2) is 69.6 Å². The molecule has 0 aromatic carbocycles. The van der Waals surface area contributed by atoms with Crippen molar-refractivity contribution in [3.05, 3.63) is 0 Å². The summed E-state index contributed by atoms with van der Waals surface area (Å²) in [5.41, 5.74) is 0. The first kappa shape index (κ1) is 18.7. The van der Waals surface area contributed by atoms with Gasteiger partial charge < -0.3 is 24.4 Å². The summed E-state index contributed by atoms with van der Waals surface area (Å²) >= 11 is 0. The number of methoxy groups -OCH3 is 1. The molecule has 0 saturated carbocycles. The second-order valence-electron chi connectivity index (χ2n) is 5.84. The Labute approximate surface area is 132 Å². The normalized spacial score (nSPS) is 15.9. The number of amides is 2. The van der Waals surface area contributed by atoms with E-state index in [1.54, 1.807) is 12.0 Å². The fourth-order valence-electron chi connectivity index (χ4n) is 2.12. The van der Waals surface area contributed by atoms with Crippen LogP contribution in [0.15, 0.2) is 0 Å². The van der Waals surface area contributed by atoms with E-state index in [4.69, 9.17) is 14.2 Å². The minimum absolute atomic E-state index is 0.0167. The van der Waals surface area contributed by atoms with Crippen molar-refractivity contribution in [3.8, 4) is 0 Å². The number of carbonyl (C=O) groups is 2. The summed E-state index contributed by atoms with van der Waals surface area (Å²) in [5.74, 6) is 0.306. The zero-order valence-corrected chi connectivity index (χ0v) is 13.8. The Morgan fingerprint density at radius 3 is 2.50 bits per heavy atom. The molecular weight excluding hydrogens is 288 g/mol. The second kappa shape index (κ2) is 10.4. The number of rotatable bonds is 8. The maximum absolute atomic E-state index is 11.9. The lowest BCUT2D eigenvalue weighted by Crippen LogP contribution is -2.47. The molecule has 0 aromatic rings. The largest absolute Gasteiger partial charge is 0.449 e. The highest BCUT2D eigenvalue weighted by atomic mass is 16.5. The van der Waals surface area contributed by atoms with Crippen molar-refractivity contribution in [3.63, 3.8) is 0 Å². The fourth-order valence-corrected chi connectivity index (χ4v) is 2.12. The first-order valence-electron chi connectivity index (χ1n) is 7.80. The number of nitrogens with zero attached hydrogens (tertiary/aromatic N) is 1. The number of carbonyl (C=O) groups excluding carboxylic acids is 2. The van der Waals surface area contributed by atoms with Gasteiger partial charge in [0.25, 0.3) is 0 Å². The van der Waals surface area contributed by atoms with Gasteiger partial charge in [0.15, 0.2) is 0 Å². The number of nitrogens with one attached hydrogen (secondary N) is 1. The SMILES string of the molecule is COCCOCC(=O)N1CCC(NC(=O)OCC(C)C)CC1. The molecule has 0 bridgehead atoms. The predicted molar refractivity (Wildman–Crippen MR) is 81.6 cm³/mol. The monoisotopic (exact) mass is 316 g/mol. The number of hydrogen-bond acceptors (Lipinski definition) is 5. The summed E-state index contributed by atoms with van der Waals surface area (Å²) < 4.78 is 15.2. The molecule has 1 N–H and O–H groups in total. The molecule has 1 aliphatic heterocycles. The van der Waals surface area contributed by atoms with E-state index in [-0.39, 0.29) is 24.6 Å². The minimum Gasteiger partial charge on any atom is -0.449 e. The van der Waals surface area contributed by atoms with Crippen molar-refractivity contribution in [2.24, 2.45) is 5.92 Å². The number of alkyl carbamates (subject to hydrolysis) is 1. The van der Waals surface area contributed by atoms with Gasteiger partial charge in [-0.05, 0) is 18.8 Å². The molecule has 0 aliphatic carbocycles. The first-order valence-corrected chi connectivity index (χ1v) is 7.80. The summed E-state index contributed by atoms with van der Waals surface area (Å²) in [6.07, 6.45) is 1.10. The molecule has 1 fully saturated rings. The topological polar surface area (TPSA) is 77.1 Å². The Bertz CT molecular complexity index is 341. The molecule has 128 valence electrons. The van der Waals surface area contributed by atoms with E-state index in [1.807, 2.05) is 13.8 Å². The molecule has 1 saturated heterocycles. The van der Waals surface area contributed by atoms with Crippen LogP contribution in [0.5, 0.6) is 0 Å². The first-order chi connectivity index (χ1) is 10.5. The van der Waals surface area contributed by atoms with Crippen LogP contribution in [0.2, 0.25) is 0 Å². The van der Waals surface area contributed by atoms with Gasteiger partial charge in [0.05, 0.1) is 19.8 Å². The number of piperidine rings is 1. The second-order valence-corrected chi connectivity index (χ2v) is 5.84. The van der Waals surface area contributed by atoms with E-state index in [0.29, 0.717) is 38.8 Å². The fraction of sp³-hybridized carbons (Fsp3) is 0.867. The van der Waals surface area contributed by atoms with E-state index in [0.717, 1.165) is 12.8 Å². The lowest BCUT2D eigenvalue weighted by atomic mass is 10.1. The van der Waals surface area contributed by atoms with Gasteiger partial charge in [-0.15, -0.1) is 0 Å². The average Bonchev–Trinajstić information content (AvgIpc) is 2.50. The standard InChI is InChI=1S/C15H28N2O5/c1-12(2)10-22-15(19)16-13-4-6-17(7-5-13)14(18)11-21-9-8-20-3/h12-13H,4-11H2,1-3H3,(H,16,19). The van der Waals surface area contributed by atoms with Crippen LogP contribution in [0, 0.1) is 5.92 Å². The zero-order valence-electron chi connectivity index (χ0n) is 13.8. The van der Waals surface area contributed by atoms with Crippen LogP contribution >= 0.6 is 0 Å². The van der Waals surface area contributed by atoms with Gasteiger partial charge in [-0.25, -0.2) is 4.79 Å². The Hall–Kier alpha value is -1.34. The third-order valence-corrected chi connectivity index (χ3v) is 3.37. The third-order valence-electron chi connectivity index (χ3n) is 3.37. The summed E-state index contributed by atoms with van der Waals surface area (Å²) in [6.45, 7) is 6.64. The highest BCUT2D eigenvalue weighted by molar-refractivity contribution is 5.77. The molecule has 0 aromatic heterocycles. The Morgan fingerprint density at radius 1 is 1.23 bits per heavy atom. The van der Waals surface area contributed by atoms with E-state index >= 15 is 0 Å². The molecule has 2 amide bonds. The smallest absolute Gasteiger partial charge is 0.407 e. The molecule has 1 aliphatic rings. The lowest BCUT2D eigenvalue weighted by molar-refractivity contribution is -0.137. The zero-order chi connectivity index (χ0) is 16.4. The molecule has 1 rings (SSSR count). The summed E-state index contributed by atoms with van der Waals surface area (Å²) in [4.78, 5) is 25.3. The van der Waals surface area contributed by atoms with Crippen molar-refractivity contribution < 1.29 is 23.8 Å². The van der Waals surface area contributed by atoms with E-state index in [1.165, 1.54) is 0 Å². The molecule has 0 atom stereocenters. The van der Waals surface area contributed by atoms with Gasteiger partial charge in [-0.1, -0.05) is 13.8 Å². The van der Waals surface area contributed by atoms with Crippen molar-refractivity contribution in [2.45, 2.75) is 32.7 Å². The van der Waals surface area contributed by atoms with Crippen molar-refractivity contribution in [1.29, 1.82) is 0 Å². The third kappa shape index (κ3) is 7.61. The highest BCUT2D eigenvalue weighted by Gasteiger charge is 2.24. The number of likely N-dealkylation sites (tertiary alicyclic amines) is 1. The molecule has 7 heteroatoms. The number of ether oxygens (including phenoxy) is 3. The molecule has 0 spiro atoms. The van der Waals surface area contributed by atoms with Crippen LogP contribution < -0.4 is 5.32 Å². The van der Waals surface area contributed by atoms with Gasteiger partial charge in [0.2, 0.25) is 5.91 Å². The van der Waals surface area contributed by atoms with Crippen LogP contribution in [0.4, 0.5) is 4.79 Å². The van der Waals surface area contributed by atoms with Crippen LogP contribution in [0.3, 0.4) is 0 Å². The molecule has 0 radical (unpaired) electrons. The summed E-state index contributed by atoms with van der Waals surface area (Å²) in [6, 6.07) is 0.0677. The van der Waals surface area contributed by atoms with Gasteiger partial charge in [0.1, 0.15) is 6.61 Å². The van der Waals surface area contributed by atoms with Gasteiger partial charge in [-0.3, -0.25) is 4.79 Å². The van der Waals surface area contributed by atoms with Gasteiger partial charge >= 0.3 is 6.09 Å². The average molecular weight is 316 g/mol. The molecule has 22 heavy (non-hydrogen) atoms. The van der Waals surface area contributed by atoms with Gasteiger partial charge in [0, 0.05) is 26.2 Å². The van der Waals surface area contributed by atoms with Crippen molar-refractivity contribution in [1.82, 2.24) is 10.2 Å². The number of hydrogen-bond donors (Lipinski definition) is 1. The van der Waals surface area contributed by atoms with E-state index in [2.05, 4.69) is 5.32 Å². The van der Waals surface area contributed by atoms with E-state index < -0.39 is 0 Å². The van der Waals surface area contributed by atoms with E-state index in [9.17, 15) is 9.59 Å². The van der Waals surface area contributed by atoms with Crippen molar-refractivity contribution >= 4 is 12.0 Å². The quantitative estimate of drug-likeness (QED) is 0.677. The van der Waals surface area contributed by atoms with Gasteiger partial charge in [-0.2, -0.15) is 0 Å². The Kier molecular flexibility index (Phi) is 8.84. The predicted octanol–water partition coefficient (Wildman–Crippen LogP) is 1.02. The Morgan fingerprint density at radius 2 is 1.91 bits per heavy atom. The van der Waals surface area contributed by atoms with Crippen LogP contribution in [0.25, 0.3) is 0 Å². The minimum atomic E-state index is -0.374. The maximum atomic E-state index is 11.9. The van der Waals surface area contributed by atoms with Crippen molar-refractivity contribution in [2.75, 3.05) is 46.6 Å². The lowest BCUT2D eigenvalue weighted by Gasteiger charge is -2.32. The van der Waals surface area contributed by atoms with Crippen LogP contribution in [-0.2, 0) is 19.0 Å². The molecule has 1 heterocycles. The molecular formula is C15H28N2O5. The molecule has 0 unspecified atom stereocenters. The maximum Gasteiger partial charge on any atom is 0.407 e. The summed E-state index contributed by atoms with van der Waals surface area (Å²) in [7, 11) is 1.59. The highest BCUT2D eigenvalue weighted by Crippen LogP contribution is 2.11.